The zero-order chi connectivity index (χ0) is 11.4. The fourth-order valence-corrected chi connectivity index (χ4v) is 2.20. The van der Waals surface area contributed by atoms with E-state index in [1.54, 1.807) is 11.3 Å². The summed E-state index contributed by atoms with van der Waals surface area (Å²) in [6, 6.07) is 0.405. The van der Waals surface area contributed by atoms with E-state index in [4.69, 9.17) is 11.6 Å². The molecule has 3 nitrogen and oxygen atoms in total. The Morgan fingerprint density at radius 2 is 2.20 bits per heavy atom. The Bertz CT molecular complexity index is 299. The number of nitrogens with zero attached hydrogens (tertiary/aromatic N) is 2. The van der Waals surface area contributed by atoms with Gasteiger partial charge in [0.15, 0.2) is 5.13 Å². The summed E-state index contributed by atoms with van der Waals surface area (Å²) in [5.74, 6) is 0.565. The average Bonchev–Trinajstić information content (AvgIpc) is 2.49. The van der Waals surface area contributed by atoms with Gasteiger partial charge >= 0.3 is 0 Å². The van der Waals surface area contributed by atoms with Gasteiger partial charge in [-0.15, -0.1) is 11.3 Å². The Balaban J connectivity index is 2.58. The maximum Gasteiger partial charge on any atom is 0.184 e. The summed E-state index contributed by atoms with van der Waals surface area (Å²) in [5, 5.41) is 6.72. The van der Waals surface area contributed by atoms with Gasteiger partial charge in [-0.3, -0.25) is 0 Å². The minimum absolute atomic E-state index is 0.405. The van der Waals surface area contributed by atoms with Crippen LogP contribution >= 0.6 is 22.9 Å². The predicted molar refractivity (Wildman–Crippen MR) is 67.9 cm³/mol. The van der Waals surface area contributed by atoms with Crippen molar-refractivity contribution in [1.29, 1.82) is 0 Å². The van der Waals surface area contributed by atoms with Crippen LogP contribution in [0.5, 0.6) is 0 Å². The van der Waals surface area contributed by atoms with Gasteiger partial charge in [0, 0.05) is 18.0 Å². The molecule has 0 fully saturated rings. The third-order valence-electron chi connectivity index (χ3n) is 2.15. The lowest BCUT2D eigenvalue weighted by Crippen LogP contribution is -2.36. The Kier molecular flexibility index (Phi) is 4.83. The third kappa shape index (κ3) is 4.36. The first-order chi connectivity index (χ1) is 6.99. The lowest BCUT2D eigenvalue weighted by Gasteiger charge is -2.25. The average molecular weight is 248 g/mol. The summed E-state index contributed by atoms with van der Waals surface area (Å²) in [7, 11) is 4.15. The molecule has 0 aliphatic carbocycles. The predicted octanol–water partition coefficient (Wildman–Crippen LogP) is 2.79. The second-order valence-electron chi connectivity index (χ2n) is 4.23. The maximum absolute atomic E-state index is 5.78. The number of nitrogens with one attached hydrogen (secondary N) is 1. The van der Waals surface area contributed by atoms with Crippen molar-refractivity contribution in [3.63, 3.8) is 0 Å². The van der Waals surface area contributed by atoms with Crippen LogP contribution in [0, 0.1) is 5.92 Å². The van der Waals surface area contributed by atoms with Crippen molar-refractivity contribution in [2.24, 2.45) is 5.92 Å². The number of hydrogen-bond acceptors (Lipinski definition) is 4. The highest BCUT2D eigenvalue weighted by atomic mass is 35.5. The van der Waals surface area contributed by atoms with E-state index in [-0.39, 0.29) is 0 Å². The maximum atomic E-state index is 5.78. The lowest BCUT2D eigenvalue weighted by atomic mass is 10.0. The minimum atomic E-state index is 0.405. The molecule has 0 saturated carbocycles. The molecule has 0 spiro atoms. The molecule has 15 heavy (non-hydrogen) atoms. The van der Waals surface area contributed by atoms with Crippen LogP contribution in [0.3, 0.4) is 0 Å². The molecule has 1 unspecified atom stereocenters. The zero-order valence-electron chi connectivity index (χ0n) is 9.62. The Morgan fingerprint density at radius 1 is 1.53 bits per heavy atom. The monoisotopic (exact) mass is 247 g/mol. The van der Waals surface area contributed by atoms with Gasteiger partial charge in [0.25, 0.3) is 0 Å². The van der Waals surface area contributed by atoms with Crippen molar-refractivity contribution in [2.75, 3.05) is 26.0 Å². The van der Waals surface area contributed by atoms with E-state index in [1.165, 1.54) is 0 Å². The largest absolute Gasteiger partial charge is 0.357 e. The Morgan fingerprint density at radius 3 is 2.60 bits per heavy atom. The van der Waals surface area contributed by atoms with Crippen LogP contribution in [0.1, 0.15) is 13.8 Å². The Hall–Kier alpha value is -0.320. The fourth-order valence-electron chi connectivity index (χ4n) is 1.30. The zero-order valence-corrected chi connectivity index (χ0v) is 11.2. The van der Waals surface area contributed by atoms with Crippen LogP contribution in [-0.4, -0.2) is 36.6 Å². The molecule has 0 saturated heterocycles. The molecule has 5 heteroatoms. The molecule has 1 aromatic heterocycles. The number of halogens is 1. The summed E-state index contributed by atoms with van der Waals surface area (Å²) in [4.78, 5) is 6.37. The number of likely N-dealkylation sites (N-methyl/N-ethyl adjacent to an activating group) is 1. The minimum Gasteiger partial charge on any atom is -0.357 e. The van der Waals surface area contributed by atoms with Gasteiger partial charge in [-0.25, -0.2) is 4.98 Å². The van der Waals surface area contributed by atoms with Gasteiger partial charge in [-0.2, -0.15) is 0 Å². The fraction of sp³-hybridized carbons (Fsp3) is 0.700. The van der Waals surface area contributed by atoms with E-state index >= 15 is 0 Å². The second kappa shape index (κ2) is 5.68. The molecule has 0 bridgehead atoms. The molecule has 86 valence electrons. The van der Waals surface area contributed by atoms with Crippen molar-refractivity contribution in [3.05, 3.63) is 10.5 Å². The first kappa shape index (κ1) is 12.7. The number of hydrogen-bond donors (Lipinski definition) is 1. The summed E-state index contributed by atoms with van der Waals surface area (Å²) in [5.41, 5.74) is 0. The van der Waals surface area contributed by atoms with Gasteiger partial charge < -0.3 is 10.2 Å². The molecule has 1 atom stereocenters. The van der Waals surface area contributed by atoms with E-state index in [0.717, 1.165) is 11.7 Å². The molecule has 0 aliphatic rings. The second-order valence-corrected chi connectivity index (χ2v) is 5.48. The quantitative estimate of drug-likeness (QED) is 0.867. The summed E-state index contributed by atoms with van der Waals surface area (Å²) < 4.78 is 0. The van der Waals surface area contributed by atoms with Crippen LogP contribution in [-0.2, 0) is 0 Å². The molecule has 1 N–H and O–H groups in total. The van der Waals surface area contributed by atoms with Crippen LogP contribution in [0.15, 0.2) is 5.38 Å². The smallest absolute Gasteiger partial charge is 0.184 e. The molecular weight excluding hydrogens is 230 g/mol. The number of rotatable bonds is 5. The van der Waals surface area contributed by atoms with Crippen LogP contribution in [0.4, 0.5) is 5.13 Å². The molecule has 1 aromatic rings. The number of anilines is 1. The molecule has 1 heterocycles. The summed E-state index contributed by atoms with van der Waals surface area (Å²) in [6.07, 6.45) is 0. The molecule has 0 amide bonds. The first-order valence-corrected chi connectivity index (χ1v) is 6.27. The first-order valence-electron chi connectivity index (χ1n) is 5.01. The SMILES string of the molecule is CC(C)C(CN(C)C)Nc1nc(Cl)cs1. The summed E-state index contributed by atoms with van der Waals surface area (Å²) >= 11 is 7.33. The van der Waals surface area contributed by atoms with E-state index < -0.39 is 0 Å². The number of thiazole rings is 1. The van der Waals surface area contributed by atoms with Gasteiger partial charge in [0.1, 0.15) is 5.15 Å². The molecule has 0 aliphatic heterocycles. The van der Waals surface area contributed by atoms with E-state index in [9.17, 15) is 0 Å². The molecule has 0 aromatic carbocycles. The topological polar surface area (TPSA) is 28.2 Å². The molecule has 0 radical (unpaired) electrons. The van der Waals surface area contributed by atoms with Gasteiger partial charge in [0.05, 0.1) is 0 Å². The highest BCUT2D eigenvalue weighted by molar-refractivity contribution is 7.14. The Labute approximate surface area is 100 Å². The van der Waals surface area contributed by atoms with Crippen molar-refractivity contribution in [2.45, 2.75) is 19.9 Å². The highest BCUT2D eigenvalue weighted by Crippen LogP contribution is 2.21. The van der Waals surface area contributed by atoms with Crippen molar-refractivity contribution in [3.8, 4) is 0 Å². The van der Waals surface area contributed by atoms with Gasteiger partial charge in [-0.05, 0) is 20.0 Å². The van der Waals surface area contributed by atoms with E-state index in [2.05, 4.69) is 43.1 Å². The lowest BCUT2D eigenvalue weighted by molar-refractivity contribution is 0.344. The van der Waals surface area contributed by atoms with Crippen LogP contribution in [0.2, 0.25) is 5.15 Å². The summed E-state index contributed by atoms with van der Waals surface area (Å²) in [6.45, 7) is 5.40. The third-order valence-corrected chi connectivity index (χ3v) is 3.25. The van der Waals surface area contributed by atoms with E-state index in [1.807, 2.05) is 5.38 Å². The molecular formula is C10H18ClN3S. The van der Waals surface area contributed by atoms with Crippen molar-refractivity contribution in [1.82, 2.24) is 9.88 Å². The standard InChI is InChI=1S/C10H18ClN3S/c1-7(2)8(5-14(3)4)12-10-13-9(11)6-15-10/h6-8H,5H2,1-4H3,(H,12,13). The number of aromatic nitrogens is 1. The van der Waals surface area contributed by atoms with Crippen LogP contribution in [0.25, 0.3) is 0 Å². The highest BCUT2D eigenvalue weighted by Gasteiger charge is 2.15. The van der Waals surface area contributed by atoms with Gasteiger partial charge in [-0.1, -0.05) is 25.4 Å². The van der Waals surface area contributed by atoms with Gasteiger partial charge in [0.2, 0.25) is 0 Å². The van der Waals surface area contributed by atoms with Crippen molar-refractivity contribution >= 4 is 28.1 Å². The van der Waals surface area contributed by atoms with Crippen LogP contribution < -0.4 is 5.32 Å². The van der Waals surface area contributed by atoms with E-state index in [0.29, 0.717) is 17.1 Å². The van der Waals surface area contributed by atoms with Crippen molar-refractivity contribution < 1.29 is 0 Å². The molecule has 1 rings (SSSR count). The normalized spacial score (nSPS) is 13.5.